The summed E-state index contributed by atoms with van der Waals surface area (Å²) in [6.07, 6.45) is 5.51. The molecule has 1 rings (SSSR count). The minimum Gasteiger partial charge on any atom is -0.349 e. The van der Waals surface area contributed by atoms with Crippen LogP contribution in [-0.2, 0) is 4.79 Å². The largest absolute Gasteiger partial charge is 0.349 e. The summed E-state index contributed by atoms with van der Waals surface area (Å²) in [5, 5.41) is 0.721. The summed E-state index contributed by atoms with van der Waals surface area (Å²) in [5.74, 6) is 0.615. The second-order valence-corrected chi connectivity index (χ2v) is 4.74. The summed E-state index contributed by atoms with van der Waals surface area (Å²) in [5.41, 5.74) is 0. The van der Waals surface area contributed by atoms with E-state index in [9.17, 15) is 4.79 Å². The van der Waals surface area contributed by atoms with Gasteiger partial charge < -0.3 is 4.90 Å². The SMILES string of the molecule is CSC1CCC(C(=O)N(C)C)C1. The molecule has 2 nitrogen and oxygen atoms in total. The molecule has 1 saturated carbocycles. The van der Waals surface area contributed by atoms with Gasteiger partial charge >= 0.3 is 0 Å². The number of thioether (sulfide) groups is 1. The van der Waals surface area contributed by atoms with Crippen LogP contribution >= 0.6 is 11.8 Å². The van der Waals surface area contributed by atoms with E-state index in [0.717, 1.165) is 18.1 Å². The lowest BCUT2D eigenvalue weighted by Gasteiger charge is -2.15. The lowest BCUT2D eigenvalue weighted by Crippen LogP contribution is -2.28. The Balaban J connectivity index is 2.41. The maximum atomic E-state index is 11.5. The Kier molecular flexibility index (Phi) is 3.44. The molecule has 0 bridgehead atoms. The summed E-state index contributed by atoms with van der Waals surface area (Å²) in [6, 6.07) is 0. The third-order valence-electron chi connectivity index (χ3n) is 2.51. The van der Waals surface area contributed by atoms with Crippen molar-refractivity contribution in [3.05, 3.63) is 0 Å². The molecule has 0 heterocycles. The van der Waals surface area contributed by atoms with Gasteiger partial charge in [-0.25, -0.2) is 0 Å². The van der Waals surface area contributed by atoms with Crippen molar-refractivity contribution in [1.82, 2.24) is 4.90 Å². The van der Waals surface area contributed by atoms with Gasteiger partial charge in [0.05, 0.1) is 0 Å². The van der Waals surface area contributed by atoms with Gasteiger partial charge in [0.2, 0.25) is 5.91 Å². The number of hydrogen-bond donors (Lipinski definition) is 0. The first-order chi connectivity index (χ1) is 5.65. The van der Waals surface area contributed by atoms with Gasteiger partial charge in [0.25, 0.3) is 0 Å². The van der Waals surface area contributed by atoms with Crippen molar-refractivity contribution in [2.24, 2.45) is 5.92 Å². The quantitative estimate of drug-likeness (QED) is 0.654. The number of carbonyl (C=O) groups is 1. The molecule has 2 unspecified atom stereocenters. The third-order valence-corrected chi connectivity index (χ3v) is 3.60. The smallest absolute Gasteiger partial charge is 0.225 e. The van der Waals surface area contributed by atoms with Crippen LogP contribution in [0.25, 0.3) is 0 Å². The first kappa shape index (κ1) is 9.90. The fraction of sp³-hybridized carbons (Fsp3) is 0.889. The first-order valence-electron chi connectivity index (χ1n) is 4.39. The second kappa shape index (κ2) is 4.17. The summed E-state index contributed by atoms with van der Waals surface area (Å²) in [7, 11) is 3.68. The highest BCUT2D eigenvalue weighted by molar-refractivity contribution is 7.99. The average Bonchev–Trinajstić information content (AvgIpc) is 2.50. The summed E-state index contributed by atoms with van der Waals surface area (Å²) in [4.78, 5) is 13.2. The molecule has 0 saturated heterocycles. The number of amides is 1. The molecule has 70 valence electrons. The van der Waals surface area contributed by atoms with Crippen molar-refractivity contribution in [3.8, 4) is 0 Å². The van der Waals surface area contributed by atoms with Crippen LogP contribution < -0.4 is 0 Å². The zero-order chi connectivity index (χ0) is 9.14. The molecule has 12 heavy (non-hydrogen) atoms. The molecule has 1 fully saturated rings. The highest BCUT2D eigenvalue weighted by atomic mass is 32.2. The zero-order valence-electron chi connectivity index (χ0n) is 8.04. The molecular formula is C9H17NOS. The molecule has 1 aliphatic carbocycles. The van der Waals surface area contributed by atoms with Gasteiger partial charge in [0.15, 0.2) is 0 Å². The van der Waals surface area contributed by atoms with E-state index in [2.05, 4.69) is 6.26 Å². The molecule has 0 radical (unpaired) electrons. The molecule has 0 aromatic carbocycles. The fourth-order valence-corrected chi connectivity index (χ4v) is 2.54. The molecule has 2 atom stereocenters. The third kappa shape index (κ3) is 2.16. The number of rotatable bonds is 2. The van der Waals surface area contributed by atoms with Crippen LogP contribution in [0.1, 0.15) is 19.3 Å². The van der Waals surface area contributed by atoms with Crippen LogP contribution in [0.4, 0.5) is 0 Å². The first-order valence-corrected chi connectivity index (χ1v) is 5.68. The maximum absolute atomic E-state index is 11.5. The van der Waals surface area contributed by atoms with Crippen molar-refractivity contribution in [2.75, 3.05) is 20.4 Å². The summed E-state index contributed by atoms with van der Waals surface area (Å²) in [6.45, 7) is 0. The molecule has 0 spiro atoms. The van der Waals surface area contributed by atoms with Crippen LogP contribution in [0.15, 0.2) is 0 Å². The summed E-state index contributed by atoms with van der Waals surface area (Å²) >= 11 is 1.89. The Labute approximate surface area is 78.7 Å². The average molecular weight is 187 g/mol. The van der Waals surface area contributed by atoms with Crippen LogP contribution in [0.3, 0.4) is 0 Å². The minimum atomic E-state index is 0.303. The van der Waals surface area contributed by atoms with E-state index in [0.29, 0.717) is 11.8 Å². The fourth-order valence-electron chi connectivity index (χ4n) is 1.74. The monoisotopic (exact) mass is 187 g/mol. The van der Waals surface area contributed by atoms with E-state index in [-0.39, 0.29) is 0 Å². The van der Waals surface area contributed by atoms with Gasteiger partial charge in [-0.3, -0.25) is 4.79 Å². The van der Waals surface area contributed by atoms with Crippen LogP contribution in [0.5, 0.6) is 0 Å². The Morgan fingerprint density at radius 1 is 1.42 bits per heavy atom. The van der Waals surface area contributed by atoms with Crippen molar-refractivity contribution >= 4 is 17.7 Å². The normalized spacial score (nSPS) is 28.9. The van der Waals surface area contributed by atoms with Gasteiger partial charge in [-0.1, -0.05) is 0 Å². The van der Waals surface area contributed by atoms with E-state index in [4.69, 9.17) is 0 Å². The van der Waals surface area contributed by atoms with E-state index in [1.165, 1.54) is 6.42 Å². The Hall–Kier alpha value is -0.180. The molecule has 0 N–H and O–H groups in total. The summed E-state index contributed by atoms with van der Waals surface area (Å²) < 4.78 is 0. The van der Waals surface area contributed by atoms with E-state index in [1.54, 1.807) is 4.90 Å². The number of nitrogens with zero attached hydrogens (tertiary/aromatic N) is 1. The van der Waals surface area contributed by atoms with Crippen molar-refractivity contribution in [2.45, 2.75) is 24.5 Å². The molecular weight excluding hydrogens is 170 g/mol. The zero-order valence-corrected chi connectivity index (χ0v) is 8.86. The number of carbonyl (C=O) groups excluding carboxylic acids is 1. The number of hydrogen-bond acceptors (Lipinski definition) is 2. The lowest BCUT2D eigenvalue weighted by molar-refractivity contribution is -0.132. The standard InChI is InChI=1S/C9H17NOS/c1-10(2)9(11)7-4-5-8(6-7)12-3/h7-8H,4-6H2,1-3H3. The minimum absolute atomic E-state index is 0.303. The molecule has 0 aromatic heterocycles. The maximum Gasteiger partial charge on any atom is 0.225 e. The van der Waals surface area contributed by atoms with Crippen LogP contribution in [-0.4, -0.2) is 36.4 Å². The predicted octanol–water partition coefficient (Wildman–Crippen LogP) is 1.61. The van der Waals surface area contributed by atoms with Gasteiger partial charge in [-0.2, -0.15) is 11.8 Å². The van der Waals surface area contributed by atoms with Crippen molar-refractivity contribution in [1.29, 1.82) is 0 Å². The van der Waals surface area contributed by atoms with Gasteiger partial charge in [0.1, 0.15) is 0 Å². The predicted molar refractivity (Wildman–Crippen MR) is 53.3 cm³/mol. The Bertz CT molecular complexity index is 170. The second-order valence-electron chi connectivity index (χ2n) is 3.60. The van der Waals surface area contributed by atoms with Crippen LogP contribution in [0, 0.1) is 5.92 Å². The molecule has 0 aromatic rings. The van der Waals surface area contributed by atoms with Crippen LogP contribution in [0.2, 0.25) is 0 Å². The van der Waals surface area contributed by atoms with Gasteiger partial charge in [0, 0.05) is 25.3 Å². The molecule has 1 amide bonds. The Morgan fingerprint density at radius 3 is 2.50 bits per heavy atom. The van der Waals surface area contributed by atoms with E-state index in [1.807, 2.05) is 25.9 Å². The molecule has 1 aliphatic rings. The van der Waals surface area contributed by atoms with E-state index >= 15 is 0 Å². The lowest BCUT2D eigenvalue weighted by atomic mass is 10.1. The highest BCUT2D eigenvalue weighted by Gasteiger charge is 2.29. The van der Waals surface area contributed by atoms with E-state index < -0.39 is 0 Å². The van der Waals surface area contributed by atoms with Crippen molar-refractivity contribution < 1.29 is 4.79 Å². The van der Waals surface area contributed by atoms with Gasteiger partial charge in [-0.05, 0) is 25.5 Å². The topological polar surface area (TPSA) is 20.3 Å². The highest BCUT2D eigenvalue weighted by Crippen LogP contribution is 2.33. The van der Waals surface area contributed by atoms with Crippen molar-refractivity contribution in [3.63, 3.8) is 0 Å². The Morgan fingerprint density at radius 2 is 2.08 bits per heavy atom. The van der Waals surface area contributed by atoms with Gasteiger partial charge in [-0.15, -0.1) is 0 Å². The molecule has 0 aliphatic heterocycles. The molecule has 3 heteroatoms.